The topological polar surface area (TPSA) is 95.5 Å². The number of hydrogen-bond donors (Lipinski definition) is 2. The van der Waals surface area contributed by atoms with Gasteiger partial charge in [0.15, 0.2) is 0 Å². The number of fused-ring (bicyclic) bond motifs is 1. The third-order valence-corrected chi connectivity index (χ3v) is 5.46. The third-order valence-electron chi connectivity index (χ3n) is 5.46. The van der Waals surface area contributed by atoms with Crippen molar-refractivity contribution in [3.63, 3.8) is 0 Å². The van der Waals surface area contributed by atoms with Gasteiger partial charge < -0.3 is 19.7 Å². The number of nitrogens with zero attached hydrogens (tertiary/aromatic N) is 2. The number of aromatic amines is 1. The van der Waals surface area contributed by atoms with Crippen LogP contribution in [-0.2, 0) is 16.0 Å². The Balaban J connectivity index is 1.84. The summed E-state index contributed by atoms with van der Waals surface area (Å²) in [6.07, 6.45) is 1.41. The van der Waals surface area contributed by atoms with Gasteiger partial charge in [0, 0.05) is 31.3 Å². The lowest BCUT2D eigenvalue weighted by Crippen LogP contribution is -2.48. The molecular formula is C21H29N3O4. The molecule has 7 nitrogen and oxygen atoms in total. The molecule has 1 aromatic carbocycles. The molecule has 1 aliphatic heterocycles. The Hall–Kier alpha value is -2.57. The van der Waals surface area contributed by atoms with Crippen molar-refractivity contribution in [1.82, 2.24) is 14.9 Å². The van der Waals surface area contributed by atoms with E-state index in [1.54, 1.807) is 7.11 Å². The standard InChI is InChI=1S/C21H29N3O4/c1-21(2,3)20(27)24-9-8-13(11-18(25)26)14(12-24)10-17-22-15-6-5-7-16(28-4)19(15)23-17/h5-7,13-14H,8-12H2,1-4H3,(H,22,23)(H,25,26). The number of aliphatic carboxylic acids is 1. The summed E-state index contributed by atoms with van der Waals surface area (Å²) >= 11 is 0. The van der Waals surface area contributed by atoms with Crippen molar-refractivity contribution in [2.75, 3.05) is 20.2 Å². The second kappa shape index (κ2) is 7.81. The van der Waals surface area contributed by atoms with Crippen molar-refractivity contribution in [3.8, 4) is 5.75 Å². The summed E-state index contributed by atoms with van der Waals surface area (Å²) in [4.78, 5) is 34.0. The van der Waals surface area contributed by atoms with E-state index in [0.717, 1.165) is 16.9 Å². The lowest BCUT2D eigenvalue weighted by atomic mass is 9.80. The Morgan fingerprint density at radius 3 is 2.71 bits per heavy atom. The number of carbonyl (C=O) groups excluding carboxylic acids is 1. The van der Waals surface area contributed by atoms with E-state index in [1.165, 1.54) is 0 Å². The molecule has 2 aromatic rings. The van der Waals surface area contributed by atoms with Gasteiger partial charge in [-0.25, -0.2) is 4.98 Å². The first-order valence-electron chi connectivity index (χ1n) is 9.71. The number of H-pyrrole nitrogens is 1. The predicted octanol–water partition coefficient (Wildman–Crippen LogP) is 3.10. The van der Waals surface area contributed by atoms with Gasteiger partial charge in [0.1, 0.15) is 17.1 Å². The summed E-state index contributed by atoms with van der Waals surface area (Å²) in [7, 11) is 1.61. The minimum absolute atomic E-state index is 0.0247. The first-order valence-corrected chi connectivity index (χ1v) is 9.71. The van der Waals surface area contributed by atoms with Crippen LogP contribution in [-0.4, -0.2) is 52.1 Å². The van der Waals surface area contributed by atoms with Crippen LogP contribution in [0, 0.1) is 17.3 Å². The first kappa shape index (κ1) is 20.2. The Morgan fingerprint density at radius 2 is 2.07 bits per heavy atom. The molecule has 0 spiro atoms. The van der Waals surface area contributed by atoms with Crippen molar-refractivity contribution < 1.29 is 19.4 Å². The van der Waals surface area contributed by atoms with Gasteiger partial charge in [0.2, 0.25) is 5.91 Å². The molecule has 0 bridgehead atoms. The van der Waals surface area contributed by atoms with E-state index in [4.69, 9.17) is 4.74 Å². The van der Waals surface area contributed by atoms with Crippen LogP contribution >= 0.6 is 0 Å². The largest absolute Gasteiger partial charge is 0.494 e. The van der Waals surface area contributed by atoms with E-state index in [1.807, 2.05) is 43.9 Å². The average molecular weight is 387 g/mol. The summed E-state index contributed by atoms with van der Waals surface area (Å²) < 4.78 is 5.38. The maximum atomic E-state index is 12.7. The maximum Gasteiger partial charge on any atom is 0.303 e. The van der Waals surface area contributed by atoms with E-state index >= 15 is 0 Å². The number of methoxy groups -OCH3 is 1. The van der Waals surface area contributed by atoms with Gasteiger partial charge in [-0.05, 0) is 30.4 Å². The van der Waals surface area contributed by atoms with Crippen molar-refractivity contribution in [2.45, 2.75) is 40.0 Å². The van der Waals surface area contributed by atoms with Crippen molar-refractivity contribution >= 4 is 22.9 Å². The summed E-state index contributed by atoms with van der Waals surface area (Å²) in [5.74, 6) is 0.883. The number of nitrogens with one attached hydrogen (secondary N) is 1. The molecule has 1 saturated heterocycles. The molecule has 1 aromatic heterocycles. The van der Waals surface area contributed by atoms with Crippen molar-refractivity contribution in [3.05, 3.63) is 24.0 Å². The second-order valence-corrected chi connectivity index (χ2v) is 8.65. The smallest absolute Gasteiger partial charge is 0.303 e. The summed E-state index contributed by atoms with van der Waals surface area (Å²) in [5, 5.41) is 9.32. The minimum Gasteiger partial charge on any atom is -0.494 e. The fourth-order valence-corrected chi connectivity index (χ4v) is 4.03. The predicted molar refractivity (Wildman–Crippen MR) is 106 cm³/mol. The molecule has 2 atom stereocenters. The number of rotatable bonds is 5. The highest BCUT2D eigenvalue weighted by Crippen LogP contribution is 2.32. The van der Waals surface area contributed by atoms with E-state index in [0.29, 0.717) is 31.7 Å². The van der Waals surface area contributed by atoms with Crippen LogP contribution in [0.3, 0.4) is 0 Å². The maximum absolute atomic E-state index is 12.7. The van der Waals surface area contributed by atoms with Crippen LogP contribution in [0.1, 0.15) is 39.4 Å². The van der Waals surface area contributed by atoms with Gasteiger partial charge in [-0.2, -0.15) is 0 Å². The number of hydrogen-bond acceptors (Lipinski definition) is 4. The number of carbonyl (C=O) groups is 2. The molecule has 2 unspecified atom stereocenters. The second-order valence-electron chi connectivity index (χ2n) is 8.65. The normalized spacial score (nSPS) is 20.4. The number of benzene rings is 1. The zero-order valence-electron chi connectivity index (χ0n) is 17.0. The van der Waals surface area contributed by atoms with Crippen LogP contribution in [0.2, 0.25) is 0 Å². The zero-order valence-corrected chi connectivity index (χ0v) is 17.0. The molecule has 0 aliphatic carbocycles. The highest BCUT2D eigenvalue weighted by atomic mass is 16.5. The lowest BCUT2D eigenvalue weighted by Gasteiger charge is -2.40. The molecule has 0 radical (unpaired) electrons. The monoisotopic (exact) mass is 387 g/mol. The molecule has 1 aliphatic rings. The highest BCUT2D eigenvalue weighted by molar-refractivity contribution is 5.82. The number of amides is 1. The number of carboxylic acid groups (broad SMARTS) is 1. The molecule has 2 N–H and O–H groups in total. The first-order chi connectivity index (χ1) is 13.2. The van der Waals surface area contributed by atoms with Crippen LogP contribution in [0.5, 0.6) is 5.75 Å². The fourth-order valence-electron chi connectivity index (χ4n) is 4.03. The van der Waals surface area contributed by atoms with Crippen LogP contribution in [0.4, 0.5) is 0 Å². The quantitative estimate of drug-likeness (QED) is 0.822. The minimum atomic E-state index is -0.795. The van der Waals surface area contributed by atoms with Crippen LogP contribution in [0.25, 0.3) is 11.0 Å². The van der Waals surface area contributed by atoms with E-state index < -0.39 is 11.4 Å². The highest BCUT2D eigenvalue weighted by Gasteiger charge is 2.36. The van der Waals surface area contributed by atoms with E-state index in [-0.39, 0.29) is 24.2 Å². The summed E-state index contributed by atoms with van der Waals surface area (Å²) in [6, 6.07) is 5.71. The number of aromatic nitrogens is 2. The molecule has 152 valence electrons. The molecule has 1 fully saturated rings. The Labute approximate surface area is 165 Å². The Morgan fingerprint density at radius 1 is 1.32 bits per heavy atom. The Kier molecular flexibility index (Phi) is 5.63. The number of ether oxygens (including phenoxy) is 1. The number of imidazole rings is 1. The molecule has 3 rings (SSSR count). The number of piperidine rings is 1. The van der Waals surface area contributed by atoms with Gasteiger partial charge in [-0.15, -0.1) is 0 Å². The summed E-state index contributed by atoms with van der Waals surface area (Å²) in [6.45, 7) is 6.92. The van der Waals surface area contributed by atoms with Gasteiger partial charge in [0.05, 0.1) is 12.6 Å². The van der Waals surface area contributed by atoms with Gasteiger partial charge in [-0.3, -0.25) is 9.59 Å². The number of para-hydroxylation sites is 1. The van der Waals surface area contributed by atoms with Crippen LogP contribution in [0.15, 0.2) is 18.2 Å². The van der Waals surface area contributed by atoms with Gasteiger partial charge >= 0.3 is 5.97 Å². The zero-order chi connectivity index (χ0) is 20.5. The molecule has 7 heteroatoms. The number of carboxylic acids is 1. The average Bonchev–Trinajstić information content (AvgIpc) is 3.03. The Bertz CT molecular complexity index is 868. The third kappa shape index (κ3) is 4.29. The molecular weight excluding hydrogens is 358 g/mol. The van der Waals surface area contributed by atoms with Crippen LogP contribution < -0.4 is 4.74 Å². The van der Waals surface area contributed by atoms with Crippen molar-refractivity contribution in [2.24, 2.45) is 17.3 Å². The van der Waals surface area contributed by atoms with Gasteiger partial charge in [-0.1, -0.05) is 26.8 Å². The molecule has 28 heavy (non-hydrogen) atoms. The lowest BCUT2D eigenvalue weighted by molar-refractivity contribution is -0.143. The summed E-state index contributed by atoms with van der Waals surface area (Å²) in [5.41, 5.74) is 1.22. The van der Waals surface area contributed by atoms with Gasteiger partial charge in [0.25, 0.3) is 0 Å². The SMILES string of the molecule is COc1cccc2[nH]c(CC3CN(C(=O)C(C)(C)C)CCC3CC(=O)O)nc12. The number of likely N-dealkylation sites (tertiary alicyclic amines) is 1. The fraction of sp³-hybridized carbons (Fsp3) is 0.571. The molecule has 1 amide bonds. The molecule has 2 heterocycles. The van der Waals surface area contributed by atoms with Crippen molar-refractivity contribution in [1.29, 1.82) is 0 Å². The molecule has 0 saturated carbocycles. The van der Waals surface area contributed by atoms with E-state index in [2.05, 4.69) is 9.97 Å². The van der Waals surface area contributed by atoms with E-state index in [9.17, 15) is 14.7 Å².